The smallest absolute Gasteiger partial charge is 0.152 e. The largest absolute Gasteiger partial charge is 0.496 e. The number of aryl methyl sites for hydroxylation is 1. The molecule has 0 aliphatic carbocycles. The van der Waals surface area contributed by atoms with Crippen molar-refractivity contribution in [2.24, 2.45) is 0 Å². The van der Waals surface area contributed by atoms with E-state index in [0.29, 0.717) is 17.9 Å². The van der Waals surface area contributed by atoms with Gasteiger partial charge < -0.3 is 20.1 Å². The van der Waals surface area contributed by atoms with Crippen LogP contribution in [0.2, 0.25) is 0 Å². The van der Waals surface area contributed by atoms with Crippen molar-refractivity contribution in [2.75, 3.05) is 12.8 Å². The normalized spacial score (nSPS) is 12.2. The van der Waals surface area contributed by atoms with Gasteiger partial charge in [-0.05, 0) is 32.4 Å². The fraction of sp³-hybridized carbons (Fsp3) is 0.444. The van der Waals surface area contributed by atoms with Gasteiger partial charge in [-0.2, -0.15) is 0 Å². The average Bonchev–Trinajstić information content (AvgIpc) is 2.84. The Labute approximate surface area is 141 Å². The van der Waals surface area contributed by atoms with E-state index in [1.54, 1.807) is 21.0 Å². The minimum atomic E-state index is -0.873. The molecule has 3 aromatic rings. The predicted molar refractivity (Wildman–Crippen MR) is 96.3 cm³/mol. The zero-order valence-electron chi connectivity index (χ0n) is 14.6. The molecule has 0 saturated carbocycles. The summed E-state index contributed by atoms with van der Waals surface area (Å²) in [5, 5.41) is 11.3. The van der Waals surface area contributed by atoms with Crippen molar-refractivity contribution in [3.05, 3.63) is 24.0 Å². The first-order valence-electron chi connectivity index (χ1n) is 8.19. The fourth-order valence-electron chi connectivity index (χ4n) is 3.11. The molecule has 0 saturated heterocycles. The molecule has 128 valence electrons. The Kier molecular flexibility index (Phi) is 4.09. The maximum atomic E-state index is 10.4. The van der Waals surface area contributed by atoms with Crippen molar-refractivity contribution in [3.8, 4) is 5.75 Å². The lowest BCUT2D eigenvalue weighted by Gasteiger charge is -2.21. The summed E-state index contributed by atoms with van der Waals surface area (Å²) in [5.41, 5.74) is 7.60. The first-order chi connectivity index (χ1) is 11.4. The zero-order valence-corrected chi connectivity index (χ0v) is 14.6. The highest BCUT2D eigenvalue weighted by molar-refractivity contribution is 6.09. The molecule has 6 heteroatoms. The summed E-state index contributed by atoms with van der Waals surface area (Å²) in [4.78, 5) is 9.20. The highest BCUT2D eigenvalue weighted by atomic mass is 16.5. The predicted octanol–water partition coefficient (Wildman–Crippen LogP) is 2.90. The molecule has 0 aliphatic rings. The number of ether oxygens (including phenoxy) is 1. The number of fused-ring (bicyclic) bond motifs is 3. The molecule has 6 nitrogen and oxygen atoms in total. The van der Waals surface area contributed by atoms with E-state index in [2.05, 4.69) is 16.5 Å². The molecule has 2 heterocycles. The number of nitrogens with two attached hydrogens (primary N) is 1. The molecule has 0 fully saturated rings. The molecular formula is C18H24N4O2. The van der Waals surface area contributed by atoms with Crippen LogP contribution in [0.1, 0.15) is 33.0 Å². The number of hydrogen-bond acceptors (Lipinski definition) is 5. The SMILES string of the molecule is CCCc1nc2c(N)nc3cccc(OC)c3c2n1CC(C)(C)O. The Bertz CT molecular complexity index is 894. The van der Waals surface area contributed by atoms with Crippen LogP contribution < -0.4 is 10.5 Å². The van der Waals surface area contributed by atoms with Crippen LogP contribution in [0.4, 0.5) is 5.82 Å². The maximum absolute atomic E-state index is 10.4. The molecule has 1 aromatic carbocycles. The highest BCUT2D eigenvalue weighted by Gasteiger charge is 2.23. The van der Waals surface area contributed by atoms with Crippen molar-refractivity contribution in [1.82, 2.24) is 14.5 Å². The Balaban J connectivity index is 2.46. The Hall–Kier alpha value is -2.34. The van der Waals surface area contributed by atoms with Gasteiger partial charge in [-0.15, -0.1) is 0 Å². The van der Waals surface area contributed by atoms with E-state index in [-0.39, 0.29) is 0 Å². The van der Waals surface area contributed by atoms with Crippen LogP contribution in [0, 0.1) is 0 Å². The molecule has 0 aliphatic heterocycles. The van der Waals surface area contributed by atoms with Crippen LogP contribution in [0.15, 0.2) is 18.2 Å². The molecule has 3 rings (SSSR count). The van der Waals surface area contributed by atoms with E-state index in [1.165, 1.54) is 0 Å². The molecule has 0 bridgehead atoms. The summed E-state index contributed by atoms with van der Waals surface area (Å²) in [6.45, 7) is 6.11. The van der Waals surface area contributed by atoms with Gasteiger partial charge in [-0.25, -0.2) is 9.97 Å². The molecule has 24 heavy (non-hydrogen) atoms. The highest BCUT2D eigenvalue weighted by Crippen LogP contribution is 2.35. The monoisotopic (exact) mass is 328 g/mol. The van der Waals surface area contributed by atoms with Crippen molar-refractivity contribution in [2.45, 2.75) is 45.8 Å². The van der Waals surface area contributed by atoms with Gasteiger partial charge in [0.05, 0.1) is 35.7 Å². The number of pyridine rings is 1. The number of imidazole rings is 1. The summed E-state index contributed by atoms with van der Waals surface area (Å²) in [6, 6.07) is 5.71. The third-order valence-electron chi connectivity index (χ3n) is 4.01. The van der Waals surface area contributed by atoms with Crippen molar-refractivity contribution < 1.29 is 9.84 Å². The molecule has 3 N–H and O–H groups in total. The number of nitrogens with zero attached hydrogens (tertiary/aromatic N) is 3. The minimum Gasteiger partial charge on any atom is -0.496 e. The van der Waals surface area contributed by atoms with Crippen molar-refractivity contribution in [1.29, 1.82) is 0 Å². The first kappa shape index (κ1) is 16.5. The number of rotatable bonds is 5. The Morgan fingerprint density at radius 3 is 2.67 bits per heavy atom. The molecular weight excluding hydrogens is 304 g/mol. The summed E-state index contributed by atoms with van der Waals surface area (Å²) in [5.74, 6) is 2.03. The van der Waals surface area contributed by atoms with Crippen LogP contribution in [0.25, 0.3) is 21.9 Å². The van der Waals surface area contributed by atoms with Gasteiger partial charge in [0, 0.05) is 6.42 Å². The zero-order chi connectivity index (χ0) is 17.5. The number of nitrogen functional groups attached to an aromatic ring is 1. The third kappa shape index (κ3) is 2.78. The average molecular weight is 328 g/mol. The van der Waals surface area contributed by atoms with E-state index in [9.17, 15) is 5.11 Å². The number of hydrogen-bond donors (Lipinski definition) is 2. The van der Waals surface area contributed by atoms with Gasteiger partial charge in [0.15, 0.2) is 5.82 Å². The summed E-state index contributed by atoms with van der Waals surface area (Å²) in [6.07, 6.45) is 1.76. The maximum Gasteiger partial charge on any atom is 0.152 e. The second-order valence-electron chi connectivity index (χ2n) is 6.73. The molecule has 0 atom stereocenters. The quantitative estimate of drug-likeness (QED) is 0.752. The standard InChI is InChI=1S/C18H24N4O2/c1-5-7-13-21-15-16(22(13)10-18(2,3)23)14-11(20-17(15)19)8-6-9-12(14)24-4/h6,8-9,23H,5,7,10H2,1-4H3,(H2,19,20). The van der Waals surface area contributed by atoms with Gasteiger partial charge in [0.2, 0.25) is 0 Å². The number of anilines is 1. The molecule has 0 spiro atoms. The number of benzene rings is 1. The molecule has 0 radical (unpaired) electrons. The van der Waals surface area contributed by atoms with Gasteiger partial charge in [0.1, 0.15) is 17.1 Å². The fourth-order valence-corrected chi connectivity index (χ4v) is 3.11. The van der Waals surface area contributed by atoms with Crippen molar-refractivity contribution in [3.63, 3.8) is 0 Å². The molecule has 0 amide bonds. The number of methoxy groups -OCH3 is 1. The van der Waals surface area contributed by atoms with Crippen LogP contribution in [-0.4, -0.2) is 32.4 Å². The van der Waals surface area contributed by atoms with Gasteiger partial charge in [-0.3, -0.25) is 0 Å². The first-order valence-corrected chi connectivity index (χ1v) is 8.19. The second-order valence-corrected chi connectivity index (χ2v) is 6.73. The van der Waals surface area contributed by atoms with Crippen molar-refractivity contribution >= 4 is 27.8 Å². The number of aromatic nitrogens is 3. The van der Waals surface area contributed by atoms with Crippen LogP contribution >= 0.6 is 0 Å². The molecule has 2 aromatic heterocycles. The van der Waals surface area contributed by atoms with E-state index in [4.69, 9.17) is 15.5 Å². The second kappa shape index (κ2) is 5.94. The van der Waals surface area contributed by atoms with E-state index in [1.807, 2.05) is 18.2 Å². The summed E-state index contributed by atoms with van der Waals surface area (Å²) < 4.78 is 7.60. The minimum absolute atomic E-state index is 0.401. The van der Waals surface area contributed by atoms with E-state index < -0.39 is 5.60 Å². The van der Waals surface area contributed by atoms with E-state index in [0.717, 1.165) is 40.8 Å². The van der Waals surface area contributed by atoms with Crippen LogP contribution in [0.3, 0.4) is 0 Å². The summed E-state index contributed by atoms with van der Waals surface area (Å²) >= 11 is 0. The van der Waals surface area contributed by atoms with Crippen LogP contribution in [0.5, 0.6) is 5.75 Å². The van der Waals surface area contributed by atoms with Gasteiger partial charge in [0.25, 0.3) is 0 Å². The van der Waals surface area contributed by atoms with Gasteiger partial charge in [-0.1, -0.05) is 13.0 Å². The third-order valence-corrected chi connectivity index (χ3v) is 4.01. The van der Waals surface area contributed by atoms with Gasteiger partial charge >= 0.3 is 0 Å². The molecule has 0 unspecified atom stereocenters. The lowest BCUT2D eigenvalue weighted by molar-refractivity contribution is 0.0618. The lowest BCUT2D eigenvalue weighted by Crippen LogP contribution is -2.27. The Morgan fingerprint density at radius 1 is 1.29 bits per heavy atom. The topological polar surface area (TPSA) is 86.2 Å². The number of aliphatic hydroxyl groups is 1. The summed E-state index contributed by atoms with van der Waals surface area (Å²) in [7, 11) is 1.64. The Morgan fingerprint density at radius 2 is 2.04 bits per heavy atom. The lowest BCUT2D eigenvalue weighted by atomic mass is 10.1. The van der Waals surface area contributed by atoms with E-state index >= 15 is 0 Å². The van der Waals surface area contributed by atoms with Crippen LogP contribution in [-0.2, 0) is 13.0 Å².